The van der Waals surface area contributed by atoms with E-state index in [0.717, 1.165) is 31.1 Å². The molecule has 1 heterocycles. The number of benzene rings is 1. The number of aryl methyl sites for hydroxylation is 1. The van der Waals surface area contributed by atoms with Crippen LogP contribution in [0.2, 0.25) is 0 Å². The second-order valence-electron chi connectivity index (χ2n) is 4.69. The van der Waals surface area contributed by atoms with Gasteiger partial charge < -0.3 is 5.32 Å². The van der Waals surface area contributed by atoms with E-state index in [-0.39, 0.29) is 11.9 Å². The van der Waals surface area contributed by atoms with Crippen LogP contribution >= 0.6 is 11.8 Å². The van der Waals surface area contributed by atoms with Crippen molar-refractivity contribution in [2.45, 2.75) is 37.8 Å². The molecule has 0 fully saturated rings. The van der Waals surface area contributed by atoms with Crippen LogP contribution in [0.3, 0.4) is 0 Å². The van der Waals surface area contributed by atoms with E-state index in [9.17, 15) is 4.39 Å². The van der Waals surface area contributed by atoms with Crippen molar-refractivity contribution in [2.75, 3.05) is 12.3 Å². The molecule has 0 saturated carbocycles. The summed E-state index contributed by atoms with van der Waals surface area (Å²) in [6.45, 7) is 5.82. The summed E-state index contributed by atoms with van der Waals surface area (Å²) >= 11 is 1.54. The summed E-state index contributed by atoms with van der Waals surface area (Å²) in [5, 5.41) is 7.63. The van der Waals surface area contributed by atoms with Gasteiger partial charge in [0, 0.05) is 29.7 Å². The Hall–Kier alpha value is -1.40. The maximum absolute atomic E-state index is 13.7. The summed E-state index contributed by atoms with van der Waals surface area (Å²) in [6, 6.07) is 7.14. The van der Waals surface area contributed by atoms with Gasteiger partial charge in [-0.25, -0.2) is 9.37 Å². The third kappa shape index (κ3) is 4.54. The minimum Gasteiger partial charge on any atom is -0.313 e. The number of aromatic nitrogens is 3. The summed E-state index contributed by atoms with van der Waals surface area (Å²) < 4.78 is 15.6. The molecule has 0 radical (unpaired) electrons. The molecular weight excluding hydrogens is 287 g/mol. The fourth-order valence-electron chi connectivity index (χ4n) is 2.16. The van der Waals surface area contributed by atoms with Gasteiger partial charge in [-0.05, 0) is 25.6 Å². The van der Waals surface area contributed by atoms with Crippen LogP contribution < -0.4 is 5.32 Å². The van der Waals surface area contributed by atoms with E-state index in [1.807, 2.05) is 16.8 Å². The van der Waals surface area contributed by atoms with Crippen molar-refractivity contribution in [1.82, 2.24) is 20.1 Å². The molecule has 2 aromatic rings. The Labute approximate surface area is 129 Å². The highest BCUT2D eigenvalue weighted by Gasteiger charge is 2.14. The number of hydrogen-bond acceptors (Lipinski definition) is 4. The fraction of sp³-hybridized carbons (Fsp3) is 0.467. The number of nitrogens with one attached hydrogen (secondary N) is 1. The van der Waals surface area contributed by atoms with Crippen LogP contribution in [0.1, 0.15) is 19.7 Å². The number of likely N-dealkylation sites (N-methyl/N-ethyl adjacent to an activating group) is 1. The Balaban J connectivity index is 1.97. The third-order valence-corrected chi connectivity index (χ3v) is 4.40. The molecule has 4 nitrogen and oxygen atoms in total. The molecule has 1 aromatic carbocycles. The minimum atomic E-state index is -0.158. The molecule has 6 heteroatoms. The van der Waals surface area contributed by atoms with E-state index in [4.69, 9.17) is 0 Å². The zero-order valence-electron chi connectivity index (χ0n) is 12.4. The van der Waals surface area contributed by atoms with Gasteiger partial charge >= 0.3 is 0 Å². The molecule has 0 spiro atoms. The lowest BCUT2D eigenvalue weighted by Crippen LogP contribution is -2.34. The fourth-order valence-corrected chi connectivity index (χ4v) is 3.16. The first kappa shape index (κ1) is 16.0. The standard InChI is InChI=1S/C15H21FN4S/c1-3-17-12(9-15-18-11-19-20(15)4-2)10-21-14-8-6-5-7-13(14)16/h5-8,11-12,17H,3-4,9-10H2,1-2H3. The highest BCUT2D eigenvalue weighted by molar-refractivity contribution is 7.99. The largest absolute Gasteiger partial charge is 0.313 e. The van der Waals surface area contributed by atoms with Gasteiger partial charge in [0.05, 0.1) is 0 Å². The summed E-state index contributed by atoms with van der Waals surface area (Å²) in [5.41, 5.74) is 0. The minimum absolute atomic E-state index is 0.158. The van der Waals surface area contributed by atoms with Gasteiger partial charge in [0.15, 0.2) is 0 Å². The Morgan fingerprint density at radius 1 is 1.33 bits per heavy atom. The Bertz CT molecular complexity index is 558. The van der Waals surface area contributed by atoms with Crippen molar-refractivity contribution in [2.24, 2.45) is 0 Å². The third-order valence-electron chi connectivity index (χ3n) is 3.19. The highest BCUT2D eigenvalue weighted by Crippen LogP contribution is 2.22. The van der Waals surface area contributed by atoms with E-state index < -0.39 is 0 Å². The smallest absolute Gasteiger partial charge is 0.138 e. The Morgan fingerprint density at radius 2 is 2.14 bits per heavy atom. The lowest BCUT2D eigenvalue weighted by atomic mass is 10.2. The summed E-state index contributed by atoms with van der Waals surface area (Å²) in [5.74, 6) is 1.61. The normalized spacial score (nSPS) is 12.5. The number of halogens is 1. The maximum Gasteiger partial charge on any atom is 0.138 e. The Kier molecular flexibility index (Phi) is 6.20. The zero-order valence-corrected chi connectivity index (χ0v) is 13.2. The van der Waals surface area contributed by atoms with Crippen molar-refractivity contribution in [3.63, 3.8) is 0 Å². The van der Waals surface area contributed by atoms with Crippen LogP contribution in [-0.2, 0) is 13.0 Å². The zero-order chi connectivity index (χ0) is 15.1. The molecule has 1 unspecified atom stereocenters. The molecular formula is C15H21FN4S. The van der Waals surface area contributed by atoms with Crippen LogP contribution in [-0.4, -0.2) is 33.1 Å². The molecule has 0 bridgehead atoms. The molecule has 0 saturated heterocycles. The molecule has 0 aliphatic rings. The first-order valence-corrected chi connectivity index (χ1v) is 8.20. The highest BCUT2D eigenvalue weighted by atomic mass is 32.2. The number of thioether (sulfide) groups is 1. The predicted molar refractivity (Wildman–Crippen MR) is 84.0 cm³/mol. The van der Waals surface area contributed by atoms with Crippen LogP contribution in [0.25, 0.3) is 0 Å². The van der Waals surface area contributed by atoms with Gasteiger partial charge in [0.2, 0.25) is 0 Å². The molecule has 0 amide bonds. The quantitative estimate of drug-likeness (QED) is 0.762. The van der Waals surface area contributed by atoms with Crippen LogP contribution in [0, 0.1) is 5.82 Å². The number of rotatable bonds is 8. The first-order valence-electron chi connectivity index (χ1n) is 7.22. The lowest BCUT2D eigenvalue weighted by Gasteiger charge is -2.17. The van der Waals surface area contributed by atoms with Crippen molar-refractivity contribution in [3.8, 4) is 0 Å². The van der Waals surface area contributed by atoms with Gasteiger partial charge in [-0.2, -0.15) is 5.10 Å². The molecule has 0 aliphatic carbocycles. The van der Waals surface area contributed by atoms with E-state index in [0.29, 0.717) is 4.90 Å². The van der Waals surface area contributed by atoms with Crippen molar-refractivity contribution in [1.29, 1.82) is 0 Å². The second-order valence-corrected chi connectivity index (χ2v) is 5.75. The van der Waals surface area contributed by atoms with Crippen LogP contribution in [0.4, 0.5) is 4.39 Å². The molecule has 21 heavy (non-hydrogen) atoms. The summed E-state index contributed by atoms with van der Waals surface area (Å²) in [6.07, 6.45) is 2.38. The van der Waals surface area contributed by atoms with Crippen LogP contribution in [0.15, 0.2) is 35.5 Å². The van der Waals surface area contributed by atoms with E-state index in [1.165, 1.54) is 17.8 Å². The molecule has 2 rings (SSSR count). The lowest BCUT2D eigenvalue weighted by molar-refractivity contribution is 0.526. The van der Waals surface area contributed by atoms with E-state index >= 15 is 0 Å². The van der Waals surface area contributed by atoms with Gasteiger partial charge in [-0.3, -0.25) is 4.68 Å². The molecule has 1 N–H and O–H groups in total. The average molecular weight is 308 g/mol. The van der Waals surface area contributed by atoms with Crippen molar-refractivity contribution >= 4 is 11.8 Å². The van der Waals surface area contributed by atoms with E-state index in [1.54, 1.807) is 12.4 Å². The number of nitrogens with zero attached hydrogens (tertiary/aromatic N) is 3. The Morgan fingerprint density at radius 3 is 2.86 bits per heavy atom. The predicted octanol–water partition coefficient (Wildman–Crippen LogP) is 2.75. The van der Waals surface area contributed by atoms with Gasteiger partial charge in [0.25, 0.3) is 0 Å². The van der Waals surface area contributed by atoms with Crippen LogP contribution in [0.5, 0.6) is 0 Å². The first-order chi connectivity index (χ1) is 10.2. The summed E-state index contributed by atoms with van der Waals surface area (Å²) in [4.78, 5) is 5.00. The molecule has 0 aliphatic heterocycles. The molecule has 114 valence electrons. The SMILES string of the molecule is CCNC(CSc1ccccc1F)Cc1ncnn1CC. The van der Waals surface area contributed by atoms with Gasteiger partial charge in [-0.15, -0.1) is 11.8 Å². The van der Waals surface area contributed by atoms with Crippen molar-refractivity contribution in [3.05, 3.63) is 42.2 Å². The second kappa shape index (κ2) is 8.14. The maximum atomic E-state index is 13.7. The topological polar surface area (TPSA) is 42.7 Å². The summed E-state index contributed by atoms with van der Waals surface area (Å²) in [7, 11) is 0. The van der Waals surface area contributed by atoms with Gasteiger partial charge in [0.1, 0.15) is 18.0 Å². The van der Waals surface area contributed by atoms with Gasteiger partial charge in [-0.1, -0.05) is 19.1 Å². The monoisotopic (exact) mass is 308 g/mol. The average Bonchev–Trinajstić information content (AvgIpc) is 2.93. The van der Waals surface area contributed by atoms with E-state index in [2.05, 4.69) is 29.2 Å². The molecule has 1 aromatic heterocycles. The molecule has 1 atom stereocenters. The van der Waals surface area contributed by atoms with Crippen molar-refractivity contribution < 1.29 is 4.39 Å². The number of hydrogen-bond donors (Lipinski definition) is 1.